The molecule has 3 nitrogen and oxygen atoms in total. The van der Waals surface area contributed by atoms with Crippen LogP contribution >= 0.6 is 0 Å². The third kappa shape index (κ3) is 2.20. The van der Waals surface area contributed by atoms with Crippen LogP contribution in [0.1, 0.15) is 37.8 Å². The van der Waals surface area contributed by atoms with E-state index in [4.69, 9.17) is 0 Å². The van der Waals surface area contributed by atoms with Gasteiger partial charge in [-0.05, 0) is 31.0 Å². The number of fused-ring (bicyclic) bond motifs is 1. The van der Waals surface area contributed by atoms with Crippen molar-refractivity contribution < 1.29 is 0 Å². The average Bonchev–Trinajstić information content (AvgIpc) is 3.07. The highest BCUT2D eigenvalue weighted by Crippen LogP contribution is 2.38. The van der Waals surface area contributed by atoms with Crippen molar-refractivity contribution in [3.05, 3.63) is 36.2 Å². The van der Waals surface area contributed by atoms with Gasteiger partial charge in [0.1, 0.15) is 0 Å². The molecule has 2 heterocycles. The van der Waals surface area contributed by atoms with Crippen LogP contribution in [0.5, 0.6) is 0 Å². The number of hydrogen-bond acceptors (Lipinski definition) is 2. The summed E-state index contributed by atoms with van der Waals surface area (Å²) in [6, 6.07) is 6.72. The molecule has 90 valence electrons. The number of rotatable bonds is 5. The van der Waals surface area contributed by atoms with Gasteiger partial charge in [0.15, 0.2) is 0 Å². The van der Waals surface area contributed by atoms with Crippen molar-refractivity contribution in [2.24, 2.45) is 5.92 Å². The molecule has 1 unspecified atom stereocenters. The van der Waals surface area contributed by atoms with Gasteiger partial charge in [0, 0.05) is 17.8 Å². The number of nitrogens with one attached hydrogen (secondary N) is 1. The summed E-state index contributed by atoms with van der Waals surface area (Å²) in [4.78, 5) is 0. The highest BCUT2D eigenvalue weighted by atomic mass is 15.2. The summed E-state index contributed by atoms with van der Waals surface area (Å²) >= 11 is 0. The Morgan fingerprint density at radius 2 is 2.35 bits per heavy atom. The van der Waals surface area contributed by atoms with Crippen molar-refractivity contribution in [3.63, 3.8) is 0 Å². The Balaban J connectivity index is 1.92. The van der Waals surface area contributed by atoms with Crippen molar-refractivity contribution in [2.45, 2.75) is 32.2 Å². The van der Waals surface area contributed by atoms with Crippen molar-refractivity contribution in [3.8, 4) is 0 Å². The van der Waals surface area contributed by atoms with Gasteiger partial charge >= 0.3 is 0 Å². The summed E-state index contributed by atoms with van der Waals surface area (Å²) in [6.45, 7) is 3.19. The molecular formula is C14H19N3. The smallest absolute Gasteiger partial charge is 0.0709 e. The number of pyridine rings is 1. The van der Waals surface area contributed by atoms with Crippen LogP contribution in [0.15, 0.2) is 30.6 Å². The average molecular weight is 229 g/mol. The van der Waals surface area contributed by atoms with Gasteiger partial charge in [0.25, 0.3) is 0 Å². The number of aromatic nitrogens is 2. The molecule has 2 aromatic heterocycles. The molecule has 1 atom stereocenters. The second kappa shape index (κ2) is 4.49. The zero-order valence-corrected chi connectivity index (χ0v) is 10.3. The Labute approximate surface area is 102 Å². The Bertz CT molecular complexity index is 499. The van der Waals surface area contributed by atoms with Gasteiger partial charge in [-0.1, -0.05) is 25.8 Å². The molecule has 0 spiro atoms. The molecule has 0 amide bonds. The Morgan fingerprint density at radius 3 is 3.12 bits per heavy atom. The maximum Gasteiger partial charge on any atom is 0.0709 e. The second-order valence-corrected chi connectivity index (χ2v) is 4.92. The molecular weight excluding hydrogens is 210 g/mol. The SMILES string of the molecule is CCNC(CC1CC1)c1cnn2ccccc12. The fourth-order valence-electron chi connectivity index (χ4n) is 2.48. The lowest BCUT2D eigenvalue weighted by atomic mass is 10.0. The van der Waals surface area contributed by atoms with Gasteiger partial charge in [-0.25, -0.2) is 4.52 Å². The first kappa shape index (κ1) is 10.8. The summed E-state index contributed by atoms with van der Waals surface area (Å²) in [5, 5.41) is 8.02. The lowest BCUT2D eigenvalue weighted by molar-refractivity contribution is 0.489. The summed E-state index contributed by atoms with van der Waals surface area (Å²) < 4.78 is 1.96. The first-order valence-corrected chi connectivity index (χ1v) is 6.54. The molecule has 1 saturated carbocycles. The molecule has 1 N–H and O–H groups in total. The van der Waals surface area contributed by atoms with Crippen molar-refractivity contribution in [1.29, 1.82) is 0 Å². The van der Waals surface area contributed by atoms with E-state index < -0.39 is 0 Å². The zero-order valence-electron chi connectivity index (χ0n) is 10.3. The monoisotopic (exact) mass is 229 g/mol. The van der Waals surface area contributed by atoms with E-state index in [2.05, 4.69) is 29.5 Å². The first-order chi connectivity index (χ1) is 8.38. The first-order valence-electron chi connectivity index (χ1n) is 6.54. The zero-order chi connectivity index (χ0) is 11.7. The van der Waals surface area contributed by atoms with Crippen molar-refractivity contribution in [2.75, 3.05) is 6.54 Å². The third-order valence-corrected chi connectivity index (χ3v) is 3.55. The molecule has 0 bridgehead atoms. The van der Waals surface area contributed by atoms with E-state index in [1.54, 1.807) is 0 Å². The molecule has 3 heteroatoms. The lowest BCUT2D eigenvalue weighted by Crippen LogP contribution is -2.21. The van der Waals surface area contributed by atoms with Crippen LogP contribution in [0.2, 0.25) is 0 Å². The van der Waals surface area contributed by atoms with Crippen LogP contribution in [0.4, 0.5) is 0 Å². The maximum atomic E-state index is 4.43. The third-order valence-electron chi connectivity index (χ3n) is 3.55. The Kier molecular flexibility index (Phi) is 2.85. The molecule has 1 fully saturated rings. The van der Waals surface area contributed by atoms with Gasteiger partial charge in [0.2, 0.25) is 0 Å². The van der Waals surface area contributed by atoms with E-state index in [0.29, 0.717) is 6.04 Å². The molecule has 1 aliphatic rings. The van der Waals surface area contributed by atoms with E-state index in [9.17, 15) is 0 Å². The summed E-state index contributed by atoms with van der Waals surface area (Å²) in [6.07, 6.45) is 8.09. The van der Waals surface area contributed by atoms with Crippen molar-refractivity contribution in [1.82, 2.24) is 14.9 Å². The quantitative estimate of drug-likeness (QED) is 0.854. The normalized spacial score (nSPS) is 17.5. The predicted molar refractivity (Wildman–Crippen MR) is 69.0 cm³/mol. The summed E-state index contributed by atoms with van der Waals surface area (Å²) in [5.41, 5.74) is 2.58. The van der Waals surface area contributed by atoms with Crippen LogP contribution in [-0.4, -0.2) is 16.2 Å². The molecule has 3 rings (SSSR count). The van der Waals surface area contributed by atoms with Crippen LogP contribution in [-0.2, 0) is 0 Å². The molecule has 0 aromatic carbocycles. The molecule has 0 radical (unpaired) electrons. The minimum atomic E-state index is 0.465. The van der Waals surface area contributed by atoms with Crippen LogP contribution < -0.4 is 5.32 Å². The minimum absolute atomic E-state index is 0.465. The highest BCUT2D eigenvalue weighted by Gasteiger charge is 2.27. The minimum Gasteiger partial charge on any atom is -0.310 e. The Hall–Kier alpha value is -1.35. The highest BCUT2D eigenvalue weighted by molar-refractivity contribution is 5.54. The maximum absolute atomic E-state index is 4.43. The topological polar surface area (TPSA) is 29.3 Å². The number of nitrogens with zero attached hydrogens (tertiary/aromatic N) is 2. The van der Waals surface area contributed by atoms with E-state index in [-0.39, 0.29) is 0 Å². The van der Waals surface area contributed by atoms with Crippen LogP contribution in [0.25, 0.3) is 5.52 Å². The van der Waals surface area contributed by atoms with Gasteiger partial charge in [-0.15, -0.1) is 0 Å². The van der Waals surface area contributed by atoms with Gasteiger partial charge in [-0.2, -0.15) is 5.10 Å². The standard InChI is InChI=1S/C14H19N3/c1-2-15-13(9-11-6-7-11)12-10-16-17-8-4-3-5-14(12)17/h3-5,8,10-11,13,15H,2,6-7,9H2,1H3. The summed E-state index contributed by atoms with van der Waals surface area (Å²) in [7, 11) is 0. The van der Waals surface area contributed by atoms with Gasteiger partial charge in [-0.3, -0.25) is 0 Å². The van der Waals surface area contributed by atoms with E-state index in [1.165, 1.54) is 30.3 Å². The lowest BCUT2D eigenvalue weighted by Gasteiger charge is -2.16. The second-order valence-electron chi connectivity index (χ2n) is 4.92. The van der Waals surface area contributed by atoms with E-state index in [0.717, 1.165) is 12.5 Å². The fourth-order valence-corrected chi connectivity index (χ4v) is 2.48. The Morgan fingerprint density at radius 1 is 1.47 bits per heavy atom. The number of hydrogen-bond donors (Lipinski definition) is 1. The predicted octanol–water partition coefficient (Wildman–Crippen LogP) is 2.79. The molecule has 1 aliphatic carbocycles. The van der Waals surface area contributed by atoms with Gasteiger partial charge in [0.05, 0.1) is 11.7 Å². The van der Waals surface area contributed by atoms with Crippen LogP contribution in [0.3, 0.4) is 0 Å². The van der Waals surface area contributed by atoms with Crippen LogP contribution in [0, 0.1) is 5.92 Å². The molecule has 0 aliphatic heterocycles. The van der Waals surface area contributed by atoms with E-state index >= 15 is 0 Å². The molecule has 2 aromatic rings. The van der Waals surface area contributed by atoms with Crippen molar-refractivity contribution >= 4 is 5.52 Å². The molecule has 0 saturated heterocycles. The summed E-state index contributed by atoms with van der Waals surface area (Å²) in [5.74, 6) is 0.928. The van der Waals surface area contributed by atoms with E-state index in [1.807, 2.05) is 23.0 Å². The van der Waals surface area contributed by atoms with Gasteiger partial charge < -0.3 is 5.32 Å². The largest absolute Gasteiger partial charge is 0.310 e. The molecule has 17 heavy (non-hydrogen) atoms. The fraction of sp³-hybridized carbons (Fsp3) is 0.500.